The molecule has 0 aliphatic heterocycles. The van der Waals surface area contributed by atoms with Crippen molar-refractivity contribution in [2.75, 3.05) is 19.0 Å². The lowest BCUT2D eigenvalue weighted by Crippen LogP contribution is -2.11. The van der Waals surface area contributed by atoms with E-state index < -0.39 is 0 Å². The first-order chi connectivity index (χ1) is 9.68. The van der Waals surface area contributed by atoms with E-state index in [9.17, 15) is 0 Å². The van der Waals surface area contributed by atoms with Crippen LogP contribution in [-0.4, -0.2) is 19.1 Å². The standard InChI is InChI=1S/C17H15ClN2/c1-20(2)16-13-10-6-7-11-14(13)19-17(18)15(16)12-8-4-3-5-9-12/h3-11H,1-2H3. The van der Waals surface area contributed by atoms with Crippen LogP contribution in [0.3, 0.4) is 0 Å². The molecule has 0 spiro atoms. The average Bonchev–Trinajstić information content (AvgIpc) is 2.46. The molecule has 3 heteroatoms. The number of halogens is 1. The fourth-order valence-corrected chi connectivity index (χ4v) is 2.78. The highest BCUT2D eigenvalue weighted by Gasteiger charge is 2.16. The maximum atomic E-state index is 6.45. The van der Waals surface area contributed by atoms with Gasteiger partial charge in [-0.25, -0.2) is 4.98 Å². The molecule has 20 heavy (non-hydrogen) atoms. The number of para-hydroxylation sites is 1. The van der Waals surface area contributed by atoms with Gasteiger partial charge in [-0.3, -0.25) is 0 Å². The Labute approximate surface area is 123 Å². The molecule has 0 bridgehead atoms. The summed E-state index contributed by atoms with van der Waals surface area (Å²) in [6.07, 6.45) is 0. The summed E-state index contributed by atoms with van der Waals surface area (Å²) >= 11 is 6.45. The summed E-state index contributed by atoms with van der Waals surface area (Å²) in [6.45, 7) is 0. The van der Waals surface area contributed by atoms with Crippen molar-refractivity contribution in [3.05, 3.63) is 59.8 Å². The maximum absolute atomic E-state index is 6.45. The molecule has 100 valence electrons. The minimum atomic E-state index is 0.540. The first kappa shape index (κ1) is 12.9. The maximum Gasteiger partial charge on any atom is 0.139 e. The highest BCUT2D eigenvalue weighted by molar-refractivity contribution is 6.34. The summed E-state index contributed by atoms with van der Waals surface area (Å²) in [5.74, 6) is 0. The van der Waals surface area contributed by atoms with E-state index >= 15 is 0 Å². The number of rotatable bonds is 2. The van der Waals surface area contributed by atoms with E-state index in [1.54, 1.807) is 0 Å². The molecule has 0 unspecified atom stereocenters. The zero-order valence-electron chi connectivity index (χ0n) is 11.5. The van der Waals surface area contributed by atoms with E-state index in [2.05, 4.69) is 28.1 Å². The van der Waals surface area contributed by atoms with Crippen LogP contribution in [-0.2, 0) is 0 Å². The van der Waals surface area contributed by atoms with Crippen LogP contribution < -0.4 is 4.90 Å². The van der Waals surface area contributed by atoms with Crippen LogP contribution in [0.4, 0.5) is 5.69 Å². The molecule has 3 aromatic rings. The summed E-state index contributed by atoms with van der Waals surface area (Å²) in [5.41, 5.74) is 4.09. The van der Waals surface area contributed by atoms with E-state index in [1.807, 2.05) is 50.5 Å². The summed E-state index contributed by atoms with van der Waals surface area (Å²) in [4.78, 5) is 6.63. The molecule has 2 nitrogen and oxygen atoms in total. The summed E-state index contributed by atoms with van der Waals surface area (Å²) < 4.78 is 0. The van der Waals surface area contributed by atoms with Gasteiger partial charge in [0.05, 0.1) is 11.2 Å². The third-order valence-corrected chi connectivity index (χ3v) is 3.60. The lowest BCUT2D eigenvalue weighted by molar-refractivity contribution is 1.14. The quantitative estimate of drug-likeness (QED) is 0.638. The second-order valence-corrected chi connectivity index (χ2v) is 5.26. The predicted molar refractivity (Wildman–Crippen MR) is 86.5 cm³/mol. The van der Waals surface area contributed by atoms with E-state index in [0.29, 0.717) is 5.15 Å². The van der Waals surface area contributed by atoms with Crippen LogP contribution in [0, 0.1) is 0 Å². The monoisotopic (exact) mass is 282 g/mol. The van der Waals surface area contributed by atoms with Crippen LogP contribution >= 0.6 is 11.6 Å². The molecule has 0 atom stereocenters. The largest absolute Gasteiger partial charge is 0.377 e. The SMILES string of the molecule is CN(C)c1c(-c2ccccc2)c(Cl)nc2ccccc12. The van der Waals surface area contributed by atoms with Gasteiger partial charge in [0, 0.05) is 25.0 Å². The van der Waals surface area contributed by atoms with Gasteiger partial charge in [-0.15, -0.1) is 0 Å². The van der Waals surface area contributed by atoms with Crippen molar-refractivity contribution in [2.45, 2.75) is 0 Å². The predicted octanol–water partition coefficient (Wildman–Crippen LogP) is 4.62. The number of fused-ring (bicyclic) bond motifs is 1. The Morgan fingerprint density at radius 3 is 2.25 bits per heavy atom. The average molecular weight is 283 g/mol. The first-order valence-corrected chi connectivity index (χ1v) is 6.87. The van der Waals surface area contributed by atoms with Crippen molar-refractivity contribution in [2.24, 2.45) is 0 Å². The number of aromatic nitrogens is 1. The van der Waals surface area contributed by atoms with Gasteiger partial charge in [-0.1, -0.05) is 60.1 Å². The van der Waals surface area contributed by atoms with Gasteiger partial charge in [-0.05, 0) is 11.6 Å². The van der Waals surface area contributed by atoms with Crippen LogP contribution in [0.15, 0.2) is 54.6 Å². The molecular weight excluding hydrogens is 268 g/mol. The number of anilines is 1. The Morgan fingerprint density at radius 1 is 0.900 bits per heavy atom. The van der Waals surface area contributed by atoms with Gasteiger partial charge >= 0.3 is 0 Å². The summed E-state index contributed by atoms with van der Waals surface area (Å²) in [6, 6.07) is 18.2. The van der Waals surface area contributed by atoms with Crippen molar-refractivity contribution in [1.82, 2.24) is 4.98 Å². The normalized spacial score (nSPS) is 10.8. The smallest absolute Gasteiger partial charge is 0.139 e. The molecule has 0 aliphatic carbocycles. The van der Waals surface area contributed by atoms with Crippen LogP contribution in [0.2, 0.25) is 5.15 Å². The Kier molecular flexibility index (Phi) is 3.33. The van der Waals surface area contributed by atoms with Gasteiger partial charge in [0.25, 0.3) is 0 Å². The fourth-order valence-electron chi connectivity index (χ4n) is 2.49. The van der Waals surface area contributed by atoms with Crippen molar-refractivity contribution in [3.63, 3.8) is 0 Å². The van der Waals surface area contributed by atoms with Crippen molar-refractivity contribution in [1.29, 1.82) is 0 Å². The van der Waals surface area contributed by atoms with Gasteiger partial charge in [-0.2, -0.15) is 0 Å². The zero-order chi connectivity index (χ0) is 14.1. The van der Waals surface area contributed by atoms with Gasteiger partial charge in [0.1, 0.15) is 5.15 Å². The lowest BCUT2D eigenvalue weighted by Gasteiger charge is -2.21. The number of hydrogen-bond acceptors (Lipinski definition) is 2. The lowest BCUT2D eigenvalue weighted by atomic mass is 10.0. The number of hydrogen-bond donors (Lipinski definition) is 0. The number of pyridine rings is 1. The minimum absolute atomic E-state index is 0.540. The van der Waals surface area contributed by atoms with Gasteiger partial charge < -0.3 is 4.90 Å². The van der Waals surface area contributed by atoms with Crippen molar-refractivity contribution in [3.8, 4) is 11.1 Å². The molecule has 0 aliphatic rings. The molecule has 1 heterocycles. The molecule has 1 aromatic heterocycles. The Morgan fingerprint density at radius 2 is 1.55 bits per heavy atom. The second kappa shape index (κ2) is 5.14. The third kappa shape index (κ3) is 2.12. The molecule has 0 saturated carbocycles. The van der Waals surface area contributed by atoms with Crippen LogP contribution in [0.5, 0.6) is 0 Å². The molecule has 0 fully saturated rings. The summed E-state index contributed by atoms with van der Waals surface area (Å²) in [7, 11) is 4.06. The van der Waals surface area contributed by atoms with E-state index in [4.69, 9.17) is 11.6 Å². The molecule has 0 amide bonds. The van der Waals surface area contributed by atoms with E-state index in [-0.39, 0.29) is 0 Å². The molecular formula is C17H15ClN2. The highest BCUT2D eigenvalue weighted by Crippen LogP contribution is 2.39. The van der Waals surface area contributed by atoms with E-state index in [1.165, 1.54) is 0 Å². The van der Waals surface area contributed by atoms with E-state index in [0.717, 1.165) is 27.7 Å². The van der Waals surface area contributed by atoms with Crippen LogP contribution in [0.25, 0.3) is 22.0 Å². The minimum Gasteiger partial charge on any atom is -0.377 e. The van der Waals surface area contributed by atoms with Gasteiger partial charge in [0.15, 0.2) is 0 Å². The Hall–Kier alpha value is -2.06. The second-order valence-electron chi connectivity index (χ2n) is 4.90. The Bertz CT molecular complexity index is 752. The topological polar surface area (TPSA) is 16.1 Å². The third-order valence-electron chi connectivity index (χ3n) is 3.33. The molecule has 0 N–H and O–H groups in total. The zero-order valence-corrected chi connectivity index (χ0v) is 12.2. The number of benzene rings is 2. The fraction of sp³-hybridized carbons (Fsp3) is 0.118. The molecule has 0 radical (unpaired) electrons. The molecule has 0 saturated heterocycles. The van der Waals surface area contributed by atoms with Crippen molar-refractivity contribution >= 4 is 28.2 Å². The molecule has 2 aromatic carbocycles. The van der Waals surface area contributed by atoms with Crippen LogP contribution in [0.1, 0.15) is 0 Å². The van der Waals surface area contributed by atoms with Crippen molar-refractivity contribution < 1.29 is 0 Å². The van der Waals surface area contributed by atoms with Gasteiger partial charge in [0.2, 0.25) is 0 Å². The molecule has 3 rings (SSSR count). The summed E-state index contributed by atoms with van der Waals surface area (Å²) in [5, 5.41) is 1.65. The number of nitrogens with zero attached hydrogens (tertiary/aromatic N) is 2. The first-order valence-electron chi connectivity index (χ1n) is 6.49. The highest BCUT2D eigenvalue weighted by atomic mass is 35.5. The Balaban J connectivity index is 2.42.